The molecule has 0 atom stereocenters. The van der Waals surface area contributed by atoms with Crippen LogP contribution in [-0.4, -0.2) is 25.0 Å². The number of hydrogen-bond acceptors (Lipinski definition) is 1. The fourth-order valence-electron chi connectivity index (χ4n) is 0.474. The van der Waals surface area contributed by atoms with Crippen molar-refractivity contribution < 1.29 is 0 Å². The molecule has 1 rings (SSSR count). The Bertz CT molecular complexity index is 31.5. The Morgan fingerprint density at radius 3 is 1.11 bits per heavy atom. The van der Waals surface area contributed by atoms with Crippen molar-refractivity contribution in [3.8, 4) is 0 Å². The zero-order valence-corrected chi connectivity index (χ0v) is 7.57. The van der Waals surface area contributed by atoms with Crippen LogP contribution in [0.25, 0.3) is 0 Å². The van der Waals surface area contributed by atoms with E-state index < -0.39 is 0 Å². The third-order valence-electron chi connectivity index (χ3n) is 1.08. The van der Waals surface area contributed by atoms with Gasteiger partial charge in [0, 0.05) is 0 Å². The number of likely N-dealkylation sites (tertiary alicyclic amines) is 1. The Morgan fingerprint density at radius 1 is 0.889 bits per heavy atom. The summed E-state index contributed by atoms with van der Waals surface area (Å²) in [6.07, 6.45) is 1.41. The summed E-state index contributed by atoms with van der Waals surface area (Å²) in [5, 5.41) is 0. The summed E-state index contributed by atoms with van der Waals surface area (Å²) < 4.78 is 0. The molecule has 0 saturated carbocycles. The molecule has 0 aromatic carbocycles. The Labute approximate surface area is 60.1 Å². The minimum absolute atomic E-state index is 1.32. The van der Waals surface area contributed by atoms with E-state index in [0.29, 0.717) is 0 Å². The highest BCUT2D eigenvalue weighted by atomic mass is 15.1. The number of hydrogen-bond donors (Lipinski definition) is 0. The van der Waals surface area contributed by atoms with E-state index in [9.17, 15) is 0 Å². The van der Waals surface area contributed by atoms with Crippen LogP contribution in [0.4, 0.5) is 0 Å². The molecule has 0 aromatic rings. The van der Waals surface area contributed by atoms with Crippen LogP contribution in [0.5, 0.6) is 0 Å². The number of nitrogens with zero attached hydrogens (tertiary/aromatic N) is 1. The van der Waals surface area contributed by atoms with Crippen LogP contribution < -0.4 is 0 Å². The lowest BCUT2D eigenvalue weighted by atomic mass is 10.3. The van der Waals surface area contributed by atoms with E-state index in [1.807, 2.05) is 27.7 Å². The van der Waals surface area contributed by atoms with Crippen molar-refractivity contribution in [1.29, 1.82) is 0 Å². The van der Waals surface area contributed by atoms with E-state index in [2.05, 4.69) is 11.9 Å². The highest BCUT2D eigenvalue weighted by molar-refractivity contribution is 4.61. The van der Waals surface area contributed by atoms with Gasteiger partial charge in [-0.05, 0) is 26.6 Å². The van der Waals surface area contributed by atoms with Crippen LogP contribution in [0, 0.1) is 0 Å². The lowest BCUT2D eigenvalue weighted by Gasteiger charge is -2.24. The molecule has 0 radical (unpaired) electrons. The second-order valence-corrected chi connectivity index (χ2v) is 1.66. The van der Waals surface area contributed by atoms with Crippen molar-refractivity contribution in [2.45, 2.75) is 34.1 Å². The standard InChI is InChI=1S/C4H9N.2C2H6/c1-5-3-2-4-5;2*1-2/h2-4H2,1H3;2*1-2H3. The predicted octanol–water partition coefficient (Wildman–Crippen LogP) is 2.37. The summed E-state index contributed by atoms with van der Waals surface area (Å²) in [6, 6.07) is 0. The summed E-state index contributed by atoms with van der Waals surface area (Å²) >= 11 is 0. The van der Waals surface area contributed by atoms with Crippen LogP contribution >= 0.6 is 0 Å². The predicted molar refractivity (Wildman–Crippen MR) is 44.8 cm³/mol. The van der Waals surface area contributed by atoms with E-state index >= 15 is 0 Å². The molecule has 0 unspecified atom stereocenters. The van der Waals surface area contributed by atoms with Crippen LogP contribution in [0.15, 0.2) is 0 Å². The summed E-state index contributed by atoms with van der Waals surface area (Å²) in [5.41, 5.74) is 0. The summed E-state index contributed by atoms with van der Waals surface area (Å²) in [4.78, 5) is 2.31. The van der Waals surface area contributed by atoms with Crippen molar-refractivity contribution in [2.24, 2.45) is 0 Å². The van der Waals surface area contributed by atoms with Crippen molar-refractivity contribution in [2.75, 3.05) is 20.1 Å². The molecule has 0 aliphatic carbocycles. The van der Waals surface area contributed by atoms with Gasteiger partial charge in [0.15, 0.2) is 0 Å². The molecule has 1 heterocycles. The van der Waals surface area contributed by atoms with Gasteiger partial charge in [0.05, 0.1) is 0 Å². The van der Waals surface area contributed by atoms with Gasteiger partial charge in [0.1, 0.15) is 0 Å². The Balaban J connectivity index is 0. The first kappa shape index (κ1) is 11.7. The van der Waals surface area contributed by atoms with Gasteiger partial charge in [-0.1, -0.05) is 27.7 Å². The summed E-state index contributed by atoms with van der Waals surface area (Å²) in [7, 11) is 2.14. The molecule has 0 bridgehead atoms. The molecule has 0 N–H and O–H groups in total. The van der Waals surface area contributed by atoms with Crippen LogP contribution in [0.1, 0.15) is 34.1 Å². The second kappa shape index (κ2) is 10.9. The SMILES string of the molecule is CC.CC.CN1CCC1. The van der Waals surface area contributed by atoms with Crippen LogP contribution in [0.2, 0.25) is 0 Å². The molecule has 0 aromatic heterocycles. The third-order valence-corrected chi connectivity index (χ3v) is 1.08. The van der Waals surface area contributed by atoms with Gasteiger partial charge in [0.25, 0.3) is 0 Å². The van der Waals surface area contributed by atoms with E-state index in [1.54, 1.807) is 0 Å². The first-order chi connectivity index (χ1) is 4.39. The first-order valence-corrected chi connectivity index (χ1v) is 4.08. The van der Waals surface area contributed by atoms with E-state index in [1.165, 1.54) is 19.5 Å². The maximum atomic E-state index is 2.31. The van der Waals surface area contributed by atoms with Gasteiger partial charge >= 0.3 is 0 Å². The monoisotopic (exact) mass is 131 g/mol. The van der Waals surface area contributed by atoms with Crippen molar-refractivity contribution >= 4 is 0 Å². The zero-order chi connectivity index (χ0) is 7.70. The Kier molecular flexibility index (Phi) is 14.1. The quantitative estimate of drug-likeness (QED) is 0.488. The molecule has 1 nitrogen and oxygen atoms in total. The van der Waals surface area contributed by atoms with Gasteiger partial charge in [0.2, 0.25) is 0 Å². The molecule has 1 aliphatic heterocycles. The lowest BCUT2D eigenvalue weighted by molar-refractivity contribution is 0.229. The van der Waals surface area contributed by atoms with Gasteiger partial charge in [-0.25, -0.2) is 0 Å². The summed E-state index contributed by atoms with van der Waals surface area (Å²) in [6.45, 7) is 10.6. The Hall–Kier alpha value is -0.0400. The molecule has 1 heteroatoms. The molecule has 1 fully saturated rings. The normalized spacial score (nSPS) is 15.7. The van der Waals surface area contributed by atoms with Gasteiger partial charge in [-0.2, -0.15) is 0 Å². The van der Waals surface area contributed by atoms with Crippen molar-refractivity contribution in [3.05, 3.63) is 0 Å². The Morgan fingerprint density at radius 2 is 1.11 bits per heavy atom. The first-order valence-electron chi connectivity index (χ1n) is 4.08. The van der Waals surface area contributed by atoms with E-state index in [0.717, 1.165) is 0 Å². The average molecular weight is 131 g/mol. The third kappa shape index (κ3) is 7.96. The molecule has 0 spiro atoms. The molecule has 58 valence electrons. The fraction of sp³-hybridized carbons (Fsp3) is 1.00. The highest BCUT2D eigenvalue weighted by Gasteiger charge is 2.04. The second-order valence-electron chi connectivity index (χ2n) is 1.66. The zero-order valence-electron chi connectivity index (χ0n) is 7.57. The molecule has 1 saturated heterocycles. The minimum atomic E-state index is 1.32. The van der Waals surface area contributed by atoms with E-state index in [4.69, 9.17) is 0 Å². The fourth-order valence-corrected chi connectivity index (χ4v) is 0.474. The average Bonchev–Trinajstić information content (AvgIpc) is 1.93. The van der Waals surface area contributed by atoms with Crippen LogP contribution in [-0.2, 0) is 0 Å². The largest absolute Gasteiger partial charge is 0.306 e. The topological polar surface area (TPSA) is 3.24 Å². The molecular weight excluding hydrogens is 110 g/mol. The van der Waals surface area contributed by atoms with Crippen molar-refractivity contribution in [3.63, 3.8) is 0 Å². The van der Waals surface area contributed by atoms with Crippen molar-refractivity contribution in [1.82, 2.24) is 4.90 Å². The maximum Gasteiger partial charge on any atom is -0.000959 e. The molecule has 9 heavy (non-hydrogen) atoms. The van der Waals surface area contributed by atoms with Gasteiger partial charge in [-0.3, -0.25) is 0 Å². The molecule has 0 amide bonds. The van der Waals surface area contributed by atoms with Gasteiger partial charge in [-0.15, -0.1) is 0 Å². The smallest absolute Gasteiger partial charge is 0.000959 e. The van der Waals surface area contributed by atoms with Crippen LogP contribution in [0.3, 0.4) is 0 Å². The van der Waals surface area contributed by atoms with E-state index in [-0.39, 0.29) is 0 Å². The summed E-state index contributed by atoms with van der Waals surface area (Å²) in [5.74, 6) is 0. The van der Waals surface area contributed by atoms with Gasteiger partial charge < -0.3 is 4.90 Å². The number of rotatable bonds is 0. The maximum absolute atomic E-state index is 2.31. The highest BCUT2D eigenvalue weighted by Crippen LogP contribution is 1.98. The molecule has 1 aliphatic rings. The molecular formula is C8H21N. The lowest BCUT2D eigenvalue weighted by Crippen LogP contribution is -2.32. The minimum Gasteiger partial charge on any atom is -0.306 e.